The molecule has 2 aliphatic rings. The molecule has 2 aromatic carbocycles. The second-order valence-corrected chi connectivity index (χ2v) is 22.3. The summed E-state index contributed by atoms with van der Waals surface area (Å²) in [5.74, 6) is 3.92. The van der Waals surface area contributed by atoms with Crippen molar-refractivity contribution in [1.82, 2.24) is 9.97 Å². The molecule has 0 amide bonds. The summed E-state index contributed by atoms with van der Waals surface area (Å²) in [4.78, 5) is 9.04. The molecule has 4 aromatic rings. The van der Waals surface area contributed by atoms with Gasteiger partial charge in [0.05, 0.1) is 0 Å². The van der Waals surface area contributed by atoms with Crippen LogP contribution in [0, 0.1) is 33.5 Å². The molecule has 2 aromatic heterocycles. The zero-order chi connectivity index (χ0) is 45.8. The first-order valence-electron chi connectivity index (χ1n) is 24.4. The quantitative estimate of drug-likeness (QED) is 0.159. The van der Waals surface area contributed by atoms with E-state index in [0.717, 1.165) is 32.3 Å². The van der Waals surface area contributed by atoms with Crippen molar-refractivity contribution in [3.8, 4) is 0 Å². The Labute approximate surface area is 381 Å². The summed E-state index contributed by atoms with van der Waals surface area (Å²) < 4.78 is 11.0. The van der Waals surface area contributed by atoms with E-state index in [-0.39, 0.29) is 5.41 Å². The lowest BCUT2D eigenvalue weighted by Gasteiger charge is -2.39. The van der Waals surface area contributed by atoms with Gasteiger partial charge in [-0.15, -0.1) is 0 Å². The van der Waals surface area contributed by atoms with Gasteiger partial charge in [-0.1, -0.05) is 183 Å². The van der Waals surface area contributed by atoms with Crippen molar-refractivity contribution in [2.24, 2.45) is 33.5 Å². The lowest BCUT2D eigenvalue weighted by atomic mass is 9.67. The summed E-state index contributed by atoms with van der Waals surface area (Å²) in [5, 5.41) is 0. The third-order valence-electron chi connectivity index (χ3n) is 13.0. The van der Waals surface area contributed by atoms with E-state index in [4.69, 9.17) is 9.47 Å². The fourth-order valence-corrected chi connectivity index (χ4v) is 10.2. The van der Waals surface area contributed by atoms with Crippen LogP contribution in [0.25, 0.3) is 0 Å². The third kappa shape index (κ3) is 18.0. The Morgan fingerprint density at radius 1 is 0.435 bits per heavy atom. The van der Waals surface area contributed by atoms with Gasteiger partial charge in [-0.05, 0) is 119 Å². The molecule has 0 bridgehead atoms. The predicted octanol–water partition coefficient (Wildman–Crippen LogP) is 16.5. The first-order chi connectivity index (χ1) is 29.3. The van der Waals surface area contributed by atoms with Gasteiger partial charge < -0.3 is 9.47 Å². The molecule has 4 heteroatoms. The maximum absolute atomic E-state index is 5.50. The molecule has 4 atom stereocenters. The Morgan fingerprint density at radius 3 is 1.18 bits per heavy atom. The Bertz CT molecular complexity index is 1570. The normalized spacial score (nSPS) is 17.4. The average Bonchev–Trinajstić information content (AvgIpc) is 3.23. The smallest absolute Gasteiger partial charge is 0.0468 e. The summed E-state index contributed by atoms with van der Waals surface area (Å²) in [6.07, 6.45) is 13.5. The molecule has 4 nitrogen and oxygen atoms in total. The molecule has 0 N–H and O–H groups in total. The van der Waals surface area contributed by atoms with E-state index in [1.54, 1.807) is 0 Å². The maximum atomic E-state index is 5.50. The fraction of sp³-hybridized carbons (Fsp3) is 0.621. The van der Waals surface area contributed by atoms with Crippen LogP contribution in [0.15, 0.2) is 109 Å². The van der Waals surface area contributed by atoms with Gasteiger partial charge in [-0.25, -0.2) is 0 Å². The zero-order valence-electron chi connectivity index (χ0n) is 42.1. The lowest BCUT2D eigenvalue weighted by molar-refractivity contribution is 0.0411. The topological polar surface area (TPSA) is 44.2 Å². The van der Waals surface area contributed by atoms with Crippen LogP contribution in [-0.2, 0) is 9.47 Å². The number of nitrogens with zero attached hydrogens (tertiary/aromatic N) is 2. The van der Waals surface area contributed by atoms with Crippen molar-refractivity contribution in [3.05, 3.63) is 132 Å². The van der Waals surface area contributed by atoms with Crippen LogP contribution in [0.1, 0.15) is 194 Å². The average molecular weight is 847 g/mol. The summed E-state index contributed by atoms with van der Waals surface area (Å²) in [7, 11) is 0. The first kappa shape index (κ1) is 53.0. The van der Waals surface area contributed by atoms with E-state index in [1.165, 1.54) is 73.9 Å². The molecule has 4 heterocycles. The second kappa shape index (κ2) is 25.8. The van der Waals surface area contributed by atoms with Crippen LogP contribution >= 0.6 is 0 Å². The molecule has 6 rings (SSSR count). The lowest BCUT2D eigenvalue weighted by Crippen LogP contribution is -2.31. The van der Waals surface area contributed by atoms with E-state index in [9.17, 15) is 0 Å². The molecule has 2 saturated heterocycles. The van der Waals surface area contributed by atoms with Gasteiger partial charge in [0.15, 0.2) is 0 Å². The van der Waals surface area contributed by atoms with Crippen LogP contribution in [0.4, 0.5) is 0 Å². The van der Waals surface area contributed by atoms with Crippen molar-refractivity contribution in [2.45, 2.75) is 172 Å². The van der Waals surface area contributed by atoms with Gasteiger partial charge in [0, 0.05) is 62.0 Å². The predicted molar refractivity (Wildman–Crippen MR) is 267 cm³/mol. The van der Waals surface area contributed by atoms with Crippen molar-refractivity contribution < 1.29 is 9.47 Å². The summed E-state index contributed by atoms with van der Waals surface area (Å²) >= 11 is 0. The van der Waals surface area contributed by atoms with Crippen LogP contribution in [-0.4, -0.2) is 36.4 Å². The molecule has 62 heavy (non-hydrogen) atoms. The molecule has 0 aliphatic carbocycles. The SMILES string of the molecule is CC(C)(C)C(c1ccccc1)C1CCOCC1.CC(C)(C)C(c1ccccn1)C1CCOCC1.CCCC(c1ccccc1)C(C)(C)C.CCCC(c1ccccn1)C(C)(C)C. The monoisotopic (exact) mass is 847 g/mol. The fourth-order valence-electron chi connectivity index (χ4n) is 10.2. The molecular weight excluding hydrogens is 757 g/mol. The van der Waals surface area contributed by atoms with Crippen molar-refractivity contribution in [3.63, 3.8) is 0 Å². The Hall–Kier alpha value is -3.34. The van der Waals surface area contributed by atoms with Crippen LogP contribution in [0.2, 0.25) is 0 Å². The van der Waals surface area contributed by atoms with Gasteiger partial charge in [0.25, 0.3) is 0 Å². The van der Waals surface area contributed by atoms with Crippen LogP contribution < -0.4 is 0 Å². The van der Waals surface area contributed by atoms with Crippen LogP contribution in [0.5, 0.6) is 0 Å². The van der Waals surface area contributed by atoms with Gasteiger partial charge in [0.2, 0.25) is 0 Å². The third-order valence-corrected chi connectivity index (χ3v) is 13.0. The Balaban J connectivity index is 0.000000221. The number of aromatic nitrogens is 2. The molecule has 0 spiro atoms. The minimum absolute atomic E-state index is 0.260. The molecule has 0 radical (unpaired) electrons. The summed E-state index contributed by atoms with van der Waals surface area (Å²) in [6, 6.07) is 34.3. The van der Waals surface area contributed by atoms with E-state index in [1.807, 2.05) is 24.5 Å². The van der Waals surface area contributed by atoms with Crippen LogP contribution in [0.3, 0.4) is 0 Å². The number of hydrogen-bond acceptors (Lipinski definition) is 4. The van der Waals surface area contributed by atoms with Gasteiger partial charge in [0.1, 0.15) is 0 Å². The van der Waals surface area contributed by atoms with Gasteiger partial charge >= 0.3 is 0 Å². The minimum atomic E-state index is 0.260. The highest BCUT2D eigenvalue weighted by Crippen LogP contribution is 2.45. The molecular formula is C58H90N2O2. The van der Waals surface area contributed by atoms with E-state index in [0.29, 0.717) is 45.8 Å². The molecule has 2 fully saturated rings. The van der Waals surface area contributed by atoms with E-state index >= 15 is 0 Å². The summed E-state index contributed by atoms with van der Waals surface area (Å²) in [5.41, 5.74) is 6.73. The minimum Gasteiger partial charge on any atom is -0.381 e. The van der Waals surface area contributed by atoms with Crippen molar-refractivity contribution in [1.29, 1.82) is 0 Å². The number of benzene rings is 2. The summed E-state index contributed by atoms with van der Waals surface area (Å²) in [6.45, 7) is 36.1. The van der Waals surface area contributed by atoms with Gasteiger partial charge in [-0.3, -0.25) is 9.97 Å². The molecule has 344 valence electrons. The molecule has 4 unspecified atom stereocenters. The standard InChI is InChI=1S/C16H24O.C15H23NO.C14H22.C13H21N/c1-16(2,3)15(13-7-5-4-6-8-13)14-9-11-17-12-10-14;1-15(2,3)14(12-7-10-17-11-8-12)13-6-4-5-9-16-13;1-5-9-13(14(2,3)4)12-10-7-6-8-11-12;1-5-8-11(13(2,3)4)12-9-6-7-10-14-12/h4-8,14-15H,9-12H2,1-3H3;4-6,9,12,14H,7-8,10-11H2,1-3H3;6-8,10-11,13H,5,9H2,1-4H3;6-7,9-11H,5,8H2,1-4H3. The number of pyridine rings is 2. The Kier molecular flexibility index (Phi) is 22.1. The van der Waals surface area contributed by atoms with Crippen molar-refractivity contribution >= 4 is 0 Å². The number of ether oxygens (including phenoxy) is 2. The first-order valence-corrected chi connectivity index (χ1v) is 24.4. The largest absolute Gasteiger partial charge is 0.381 e. The van der Waals surface area contributed by atoms with E-state index < -0.39 is 0 Å². The highest BCUT2D eigenvalue weighted by molar-refractivity contribution is 5.23. The second-order valence-electron chi connectivity index (χ2n) is 22.3. The van der Waals surface area contributed by atoms with Gasteiger partial charge in [-0.2, -0.15) is 0 Å². The van der Waals surface area contributed by atoms with Crippen molar-refractivity contribution in [2.75, 3.05) is 26.4 Å². The highest BCUT2D eigenvalue weighted by atomic mass is 16.5. The highest BCUT2D eigenvalue weighted by Gasteiger charge is 2.36. The number of rotatable bonds is 10. The molecule has 2 aliphatic heterocycles. The Morgan fingerprint density at radius 2 is 0.806 bits per heavy atom. The zero-order valence-corrected chi connectivity index (χ0v) is 42.1. The maximum Gasteiger partial charge on any atom is 0.0468 e. The van der Waals surface area contributed by atoms with E-state index in [2.05, 4.69) is 192 Å². The number of hydrogen-bond donors (Lipinski definition) is 0. The molecule has 0 saturated carbocycles.